The molecular weight excluding hydrogens is 432 g/mol. The maximum atomic E-state index is 12.9. The molecule has 2 N–H and O–H groups in total. The number of methoxy groups -OCH3 is 2. The first-order chi connectivity index (χ1) is 14.3. The lowest BCUT2D eigenvalue weighted by molar-refractivity contribution is 0.379. The van der Waals surface area contributed by atoms with Gasteiger partial charge in [-0.15, -0.1) is 0 Å². The minimum absolute atomic E-state index is 0.0939. The highest BCUT2D eigenvalue weighted by Gasteiger charge is 2.28. The largest absolute Gasteiger partial charge is 0.495 e. The highest BCUT2D eigenvalue weighted by molar-refractivity contribution is 7.93. The number of anilines is 2. The van der Waals surface area contributed by atoms with E-state index in [1.54, 1.807) is 12.1 Å². The van der Waals surface area contributed by atoms with E-state index in [1.165, 1.54) is 57.2 Å². The molecule has 3 rings (SSSR count). The number of hydrogen-bond donors (Lipinski definition) is 2. The third-order valence-electron chi connectivity index (χ3n) is 3.86. The van der Waals surface area contributed by atoms with E-state index in [-0.39, 0.29) is 32.7 Å². The van der Waals surface area contributed by atoms with Crippen LogP contribution < -0.4 is 18.9 Å². The zero-order chi connectivity index (χ0) is 21.8. The summed E-state index contributed by atoms with van der Waals surface area (Å²) in [6.45, 7) is 0. The van der Waals surface area contributed by atoms with Crippen LogP contribution in [0.3, 0.4) is 0 Å². The van der Waals surface area contributed by atoms with Gasteiger partial charge in [-0.1, -0.05) is 0 Å². The van der Waals surface area contributed by atoms with Crippen LogP contribution in [-0.4, -0.2) is 41.0 Å². The second-order valence-corrected chi connectivity index (χ2v) is 9.15. The van der Waals surface area contributed by atoms with Gasteiger partial charge in [-0.05, 0) is 30.3 Å². The number of rotatable bonds is 8. The third kappa shape index (κ3) is 4.60. The number of pyridine rings is 2. The summed E-state index contributed by atoms with van der Waals surface area (Å²) in [6.07, 6.45) is 5.60. The molecule has 0 aliphatic rings. The molecule has 0 spiro atoms. The van der Waals surface area contributed by atoms with Crippen molar-refractivity contribution in [1.29, 1.82) is 0 Å². The van der Waals surface area contributed by atoms with Gasteiger partial charge >= 0.3 is 0 Å². The molecule has 0 radical (unpaired) electrons. The van der Waals surface area contributed by atoms with E-state index in [4.69, 9.17) is 9.47 Å². The number of aromatic nitrogens is 2. The molecule has 1 aromatic carbocycles. The molecule has 12 heteroatoms. The Morgan fingerprint density at radius 2 is 1.17 bits per heavy atom. The van der Waals surface area contributed by atoms with Crippen LogP contribution in [0.15, 0.2) is 71.0 Å². The third-order valence-corrected chi connectivity index (χ3v) is 6.66. The molecule has 30 heavy (non-hydrogen) atoms. The first-order valence-corrected chi connectivity index (χ1v) is 11.3. The van der Waals surface area contributed by atoms with Crippen molar-refractivity contribution in [3.63, 3.8) is 0 Å². The molecule has 0 unspecified atom stereocenters. The average Bonchev–Trinajstić information content (AvgIpc) is 2.73. The molecule has 0 aliphatic carbocycles. The topological polar surface area (TPSA) is 137 Å². The van der Waals surface area contributed by atoms with Crippen molar-refractivity contribution >= 4 is 31.4 Å². The Morgan fingerprint density at radius 1 is 0.733 bits per heavy atom. The second-order valence-electron chi connectivity index (χ2n) is 5.85. The van der Waals surface area contributed by atoms with Gasteiger partial charge in [0.1, 0.15) is 21.3 Å². The van der Waals surface area contributed by atoms with E-state index in [0.717, 1.165) is 6.07 Å². The number of sulfonamides is 2. The van der Waals surface area contributed by atoms with Gasteiger partial charge in [-0.3, -0.25) is 19.4 Å². The Bertz CT molecular complexity index is 1140. The summed E-state index contributed by atoms with van der Waals surface area (Å²) in [4.78, 5) is 6.92. The van der Waals surface area contributed by atoms with Gasteiger partial charge in [0.15, 0.2) is 0 Å². The van der Waals surface area contributed by atoms with Crippen molar-refractivity contribution in [1.82, 2.24) is 9.97 Å². The molecule has 158 valence electrons. The molecule has 0 atom stereocenters. The molecule has 2 aromatic heterocycles. The standard InChI is InChI=1S/C18H18N4O6S2/c1-27-15-9-16(28-2)18(30(25,26)22-14-6-4-8-20-12-14)10-17(15)29(23,24)21-13-5-3-7-19-11-13/h3-12,21-22H,1-2H3. The first-order valence-electron chi connectivity index (χ1n) is 8.38. The van der Waals surface area contributed by atoms with Gasteiger partial charge < -0.3 is 9.47 Å². The lowest BCUT2D eigenvalue weighted by Crippen LogP contribution is -2.18. The molecule has 0 saturated heterocycles. The molecule has 0 saturated carbocycles. The number of benzene rings is 1. The molecular formula is C18H18N4O6S2. The maximum Gasteiger partial charge on any atom is 0.265 e. The molecule has 2 heterocycles. The van der Waals surface area contributed by atoms with Crippen molar-refractivity contribution in [3.05, 3.63) is 61.2 Å². The van der Waals surface area contributed by atoms with Crippen LogP contribution in [0.25, 0.3) is 0 Å². The molecule has 0 bridgehead atoms. The zero-order valence-corrected chi connectivity index (χ0v) is 17.6. The number of ether oxygens (including phenoxy) is 2. The van der Waals surface area contributed by atoms with Crippen LogP contribution in [0.2, 0.25) is 0 Å². The Balaban J connectivity index is 2.11. The molecule has 10 nitrogen and oxygen atoms in total. The summed E-state index contributed by atoms with van der Waals surface area (Å²) < 4.78 is 66.7. The average molecular weight is 450 g/mol. The summed E-state index contributed by atoms with van der Waals surface area (Å²) in [5, 5.41) is 0. The summed E-state index contributed by atoms with van der Waals surface area (Å²) in [5.41, 5.74) is 0.404. The normalized spacial score (nSPS) is 11.5. The second kappa shape index (κ2) is 8.55. The van der Waals surface area contributed by atoms with E-state index in [1.807, 2.05) is 0 Å². The summed E-state index contributed by atoms with van der Waals surface area (Å²) in [5.74, 6) is -0.188. The van der Waals surface area contributed by atoms with Crippen LogP contribution in [0.5, 0.6) is 11.5 Å². The predicted octanol–water partition coefficient (Wildman–Crippen LogP) is 2.10. The van der Waals surface area contributed by atoms with Gasteiger partial charge in [-0.2, -0.15) is 0 Å². The zero-order valence-electron chi connectivity index (χ0n) is 15.9. The van der Waals surface area contributed by atoms with Crippen LogP contribution in [-0.2, 0) is 20.0 Å². The summed E-state index contributed by atoms with van der Waals surface area (Å²) in [6, 6.07) is 8.27. The fourth-order valence-corrected chi connectivity index (χ4v) is 5.05. The smallest absolute Gasteiger partial charge is 0.265 e. The quantitative estimate of drug-likeness (QED) is 0.532. The van der Waals surface area contributed by atoms with Crippen LogP contribution in [0.4, 0.5) is 11.4 Å². The lowest BCUT2D eigenvalue weighted by atomic mass is 10.3. The van der Waals surface area contributed by atoms with Gasteiger partial charge in [0.25, 0.3) is 20.0 Å². The Labute approximate surface area is 174 Å². The molecule has 0 aliphatic heterocycles. The van der Waals surface area contributed by atoms with Crippen molar-refractivity contribution in [2.75, 3.05) is 23.7 Å². The van der Waals surface area contributed by atoms with Crippen molar-refractivity contribution < 1.29 is 26.3 Å². The fraction of sp³-hybridized carbons (Fsp3) is 0.111. The summed E-state index contributed by atoms with van der Waals surface area (Å²) in [7, 11) is -5.90. The van der Waals surface area contributed by atoms with Crippen LogP contribution in [0.1, 0.15) is 0 Å². The van der Waals surface area contributed by atoms with E-state index in [2.05, 4.69) is 19.4 Å². The minimum Gasteiger partial charge on any atom is -0.495 e. The van der Waals surface area contributed by atoms with Gasteiger partial charge in [-0.25, -0.2) is 16.8 Å². The highest BCUT2D eigenvalue weighted by atomic mass is 32.2. The fourth-order valence-electron chi connectivity index (χ4n) is 2.53. The predicted molar refractivity (Wildman–Crippen MR) is 110 cm³/mol. The van der Waals surface area contributed by atoms with Gasteiger partial charge in [0.2, 0.25) is 0 Å². The van der Waals surface area contributed by atoms with Crippen molar-refractivity contribution in [2.24, 2.45) is 0 Å². The first kappa shape index (κ1) is 21.3. The van der Waals surface area contributed by atoms with Crippen molar-refractivity contribution in [2.45, 2.75) is 9.79 Å². The van der Waals surface area contributed by atoms with Crippen molar-refractivity contribution in [3.8, 4) is 11.5 Å². The van der Waals surface area contributed by atoms with E-state index < -0.39 is 20.0 Å². The summed E-state index contributed by atoms with van der Waals surface area (Å²) >= 11 is 0. The number of nitrogens with zero attached hydrogens (tertiary/aromatic N) is 2. The number of hydrogen-bond acceptors (Lipinski definition) is 8. The monoisotopic (exact) mass is 450 g/mol. The highest BCUT2D eigenvalue weighted by Crippen LogP contribution is 2.36. The van der Waals surface area contributed by atoms with E-state index >= 15 is 0 Å². The SMILES string of the molecule is COc1cc(OC)c(S(=O)(=O)Nc2cccnc2)cc1S(=O)(=O)Nc1cccnc1. The number of nitrogens with one attached hydrogen (secondary N) is 2. The molecule has 0 amide bonds. The van der Waals surface area contributed by atoms with Gasteiger partial charge in [0.05, 0.1) is 38.0 Å². The minimum atomic E-state index is -4.21. The van der Waals surface area contributed by atoms with Crippen LogP contribution in [0, 0.1) is 0 Å². The van der Waals surface area contributed by atoms with E-state index in [0.29, 0.717) is 0 Å². The Kier molecular flexibility index (Phi) is 6.08. The lowest BCUT2D eigenvalue weighted by Gasteiger charge is -2.16. The Hall–Kier alpha value is -3.38. The van der Waals surface area contributed by atoms with E-state index in [9.17, 15) is 16.8 Å². The van der Waals surface area contributed by atoms with Crippen LogP contribution >= 0.6 is 0 Å². The van der Waals surface area contributed by atoms with Gasteiger partial charge in [0, 0.05) is 18.5 Å². The Morgan fingerprint density at radius 3 is 1.50 bits per heavy atom. The molecule has 0 fully saturated rings. The maximum absolute atomic E-state index is 12.9. The molecule has 3 aromatic rings.